The maximum atomic E-state index is 8.73. The van der Waals surface area contributed by atoms with Crippen LogP contribution in [0.15, 0.2) is 36.5 Å². The molecule has 2 N–H and O–H groups in total. The lowest BCUT2D eigenvalue weighted by Gasteiger charge is -2.05. The van der Waals surface area contributed by atoms with Gasteiger partial charge in [-0.05, 0) is 30.3 Å². The molecule has 0 aliphatic heterocycles. The Bertz CT molecular complexity index is 453. The quantitative estimate of drug-likeness (QED) is 0.593. The van der Waals surface area contributed by atoms with E-state index in [0.29, 0.717) is 6.32 Å². The highest BCUT2D eigenvalue weighted by atomic mass is 16.4. The fraction of sp³-hybridized carbons (Fsp3) is 0.333. The van der Waals surface area contributed by atoms with E-state index >= 15 is 0 Å². The van der Waals surface area contributed by atoms with Crippen molar-refractivity contribution in [3.63, 3.8) is 0 Å². The molecule has 0 saturated carbocycles. The van der Waals surface area contributed by atoms with Crippen molar-refractivity contribution in [3.8, 4) is 0 Å². The van der Waals surface area contributed by atoms with Gasteiger partial charge in [0, 0.05) is 18.3 Å². The molecular weight excluding hydrogens is 201 g/mol. The average molecular weight is 217 g/mol. The Balaban J connectivity index is 1.94. The molecule has 0 radical (unpaired) electrons. The molecule has 1 aromatic heterocycles. The van der Waals surface area contributed by atoms with E-state index in [-0.39, 0.29) is 0 Å². The zero-order valence-corrected chi connectivity index (χ0v) is 9.21. The third kappa shape index (κ3) is 2.65. The number of hydrogen-bond acceptors (Lipinski definition) is 2. The third-order valence-electron chi connectivity index (χ3n) is 2.79. The van der Waals surface area contributed by atoms with Gasteiger partial charge in [0.2, 0.25) is 0 Å². The van der Waals surface area contributed by atoms with Crippen LogP contribution in [-0.4, -0.2) is 21.7 Å². The van der Waals surface area contributed by atoms with Crippen molar-refractivity contribution < 1.29 is 10.0 Å². The second-order valence-electron chi connectivity index (χ2n) is 4.04. The number of nitrogens with zero attached hydrogens (tertiary/aromatic N) is 1. The Labute approximate surface area is 95.5 Å². The van der Waals surface area contributed by atoms with E-state index in [1.807, 2.05) is 12.1 Å². The van der Waals surface area contributed by atoms with Crippen LogP contribution in [0.3, 0.4) is 0 Å². The van der Waals surface area contributed by atoms with E-state index in [1.165, 1.54) is 10.9 Å². The molecule has 16 heavy (non-hydrogen) atoms. The number of aromatic nitrogens is 1. The van der Waals surface area contributed by atoms with Crippen molar-refractivity contribution in [2.24, 2.45) is 0 Å². The van der Waals surface area contributed by atoms with Gasteiger partial charge in [-0.2, -0.15) is 0 Å². The van der Waals surface area contributed by atoms with Crippen molar-refractivity contribution >= 4 is 18.0 Å². The van der Waals surface area contributed by atoms with Gasteiger partial charge in [-0.15, -0.1) is 0 Å². The van der Waals surface area contributed by atoms with Gasteiger partial charge in [0.15, 0.2) is 0 Å². The number of unbranched alkanes of at least 4 members (excludes halogenated alkanes) is 1. The summed E-state index contributed by atoms with van der Waals surface area (Å²) in [5.41, 5.74) is 1.24. The summed E-state index contributed by atoms with van der Waals surface area (Å²) in [7, 11) is -1.17. The summed E-state index contributed by atoms with van der Waals surface area (Å²) >= 11 is 0. The average Bonchev–Trinajstić information content (AvgIpc) is 2.68. The summed E-state index contributed by atoms with van der Waals surface area (Å²) in [6.07, 6.45) is 4.35. The maximum Gasteiger partial charge on any atom is 0.451 e. The van der Waals surface area contributed by atoms with Crippen LogP contribution < -0.4 is 0 Å². The third-order valence-corrected chi connectivity index (χ3v) is 2.79. The van der Waals surface area contributed by atoms with Crippen LogP contribution in [0.5, 0.6) is 0 Å². The van der Waals surface area contributed by atoms with Gasteiger partial charge in [0.05, 0.1) is 0 Å². The number of benzene rings is 1. The molecular formula is C12H16BNO2. The van der Waals surface area contributed by atoms with Gasteiger partial charge in [-0.25, -0.2) is 0 Å². The van der Waals surface area contributed by atoms with E-state index in [0.717, 1.165) is 19.4 Å². The van der Waals surface area contributed by atoms with Gasteiger partial charge in [0.1, 0.15) is 0 Å². The summed E-state index contributed by atoms with van der Waals surface area (Å²) in [5, 5.41) is 18.7. The highest BCUT2D eigenvalue weighted by Gasteiger charge is 2.05. The summed E-state index contributed by atoms with van der Waals surface area (Å²) in [4.78, 5) is 0. The minimum absolute atomic E-state index is 0.458. The Morgan fingerprint density at radius 3 is 2.69 bits per heavy atom. The van der Waals surface area contributed by atoms with Crippen LogP contribution in [0.1, 0.15) is 12.8 Å². The first-order valence-corrected chi connectivity index (χ1v) is 5.67. The SMILES string of the molecule is OB(O)CCCCn1ccc2ccccc21. The molecule has 3 nitrogen and oxygen atoms in total. The summed E-state index contributed by atoms with van der Waals surface area (Å²) in [6, 6.07) is 10.4. The van der Waals surface area contributed by atoms with Crippen LogP contribution in [0.4, 0.5) is 0 Å². The molecule has 2 aromatic rings. The number of rotatable bonds is 5. The Morgan fingerprint density at radius 1 is 1.06 bits per heavy atom. The standard InChI is InChI=1S/C12H16BNO2/c15-13(16)8-3-4-9-14-10-7-11-5-1-2-6-12(11)14/h1-2,5-7,10,15-16H,3-4,8-9H2. The molecule has 4 heteroatoms. The van der Waals surface area contributed by atoms with E-state index in [4.69, 9.17) is 10.0 Å². The minimum atomic E-state index is -1.17. The summed E-state index contributed by atoms with van der Waals surface area (Å²) in [5.74, 6) is 0. The first kappa shape index (κ1) is 11.2. The normalized spacial score (nSPS) is 10.9. The highest BCUT2D eigenvalue weighted by molar-refractivity contribution is 6.40. The molecule has 0 bridgehead atoms. The van der Waals surface area contributed by atoms with Gasteiger partial charge >= 0.3 is 7.12 Å². The lowest BCUT2D eigenvalue weighted by atomic mass is 9.84. The predicted octanol–water partition coefficient (Wildman–Crippen LogP) is 1.89. The lowest BCUT2D eigenvalue weighted by Crippen LogP contribution is -2.10. The van der Waals surface area contributed by atoms with Crippen molar-refractivity contribution in [2.45, 2.75) is 25.7 Å². The Morgan fingerprint density at radius 2 is 1.88 bits per heavy atom. The topological polar surface area (TPSA) is 45.4 Å². The largest absolute Gasteiger partial charge is 0.451 e. The Kier molecular flexibility index (Phi) is 3.64. The fourth-order valence-corrected chi connectivity index (χ4v) is 1.94. The number of hydrogen-bond donors (Lipinski definition) is 2. The van der Waals surface area contributed by atoms with Gasteiger partial charge in [0.25, 0.3) is 0 Å². The Hall–Kier alpha value is -1.26. The van der Waals surface area contributed by atoms with Crippen LogP contribution >= 0.6 is 0 Å². The van der Waals surface area contributed by atoms with Gasteiger partial charge in [-0.3, -0.25) is 0 Å². The summed E-state index contributed by atoms with van der Waals surface area (Å²) < 4.78 is 2.21. The predicted molar refractivity (Wildman–Crippen MR) is 66.2 cm³/mol. The molecule has 0 amide bonds. The zero-order valence-electron chi connectivity index (χ0n) is 9.21. The molecule has 0 atom stereocenters. The molecule has 0 unspecified atom stereocenters. The second kappa shape index (κ2) is 5.19. The molecule has 0 aliphatic carbocycles. The van der Waals surface area contributed by atoms with Crippen LogP contribution in [0.2, 0.25) is 6.32 Å². The molecule has 0 fully saturated rings. The van der Waals surface area contributed by atoms with E-state index in [9.17, 15) is 0 Å². The smallest absolute Gasteiger partial charge is 0.427 e. The molecule has 1 aromatic carbocycles. The fourth-order valence-electron chi connectivity index (χ4n) is 1.94. The molecule has 2 rings (SSSR count). The molecule has 0 aliphatic rings. The van der Waals surface area contributed by atoms with Gasteiger partial charge in [-0.1, -0.05) is 24.6 Å². The highest BCUT2D eigenvalue weighted by Crippen LogP contribution is 2.15. The van der Waals surface area contributed by atoms with Crippen molar-refractivity contribution in [2.75, 3.05) is 0 Å². The van der Waals surface area contributed by atoms with Gasteiger partial charge < -0.3 is 14.6 Å². The van der Waals surface area contributed by atoms with Crippen LogP contribution in [0, 0.1) is 0 Å². The molecule has 84 valence electrons. The first-order valence-electron chi connectivity index (χ1n) is 5.67. The van der Waals surface area contributed by atoms with Crippen molar-refractivity contribution in [3.05, 3.63) is 36.5 Å². The van der Waals surface area contributed by atoms with Crippen molar-refractivity contribution in [1.29, 1.82) is 0 Å². The second-order valence-corrected chi connectivity index (χ2v) is 4.04. The van der Waals surface area contributed by atoms with Crippen LogP contribution in [-0.2, 0) is 6.54 Å². The van der Waals surface area contributed by atoms with E-state index < -0.39 is 7.12 Å². The molecule has 1 heterocycles. The zero-order chi connectivity index (χ0) is 11.4. The number of para-hydroxylation sites is 1. The minimum Gasteiger partial charge on any atom is -0.427 e. The van der Waals surface area contributed by atoms with Crippen molar-refractivity contribution in [1.82, 2.24) is 4.57 Å². The first-order chi connectivity index (χ1) is 7.77. The molecule has 0 saturated heterocycles. The molecule has 0 spiro atoms. The lowest BCUT2D eigenvalue weighted by molar-refractivity contribution is 0.401. The van der Waals surface area contributed by atoms with E-state index in [2.05, 4.69) is 29.0 Å². The monoisotopic (exact) mass is 217 g/mol. The summed E-state index contributed by atoms with van der Waals surface area (Å²) in [6.45, 7) is 0.931. The maximum absolute atomic E-state index is 8.73. The van der Waals surface area contributed by atoms with Crippen LogP contribution in [0.25, 0.3) is 10.9 Å². The number of aryl methyl sites for hydroxylation is 1. The van der Waals surface area contributed by atoms with E-state index in [1.54, 1.807) is 0 Å². The number of fused-ring (bicyclic) bond motifs is 1.